The maximum Gasteiger partial charge on any atom is 0.0159 e. The van der Waals surface area contributed by atoms with Crippen molar-refractivity contribution in [3.05, 3.63) is 108 Å². The Morgan fingerprint density at radius 2 is 1.16 bits per heavy atom. The highest BCUT2D eigenvalue weighted by Gasteiger charge is 2.35. The Hall–Kier alpha value is -3.64. The molecule has 0 heterocycles. The molecule has 0 saturated carbocycles. The first-order valence-electron chi connectivity index (χ1n) is 11.0. The molecule has 6 aromatic carbocycles. The smallest absolute Gasteiger partial charge is 0.0159 e. The van der Waals surface area contributed by atoms with Crippen molar-refractivity contribution >= 4 is 43.1 Å². The van der Waals surface area contributed by atoms with E-state index in [9.17, 15) is 0 Å². The lowest BCUT2D eigenvalue weighted by molar-refractivity contribution is 0.647. The number of hydrogen-bond donors (Lipinski definition) is 0. The molecule has 0 amide bonds. The third kappa shape index (κ3) is 2.10. The maximum atomic E-state index is 2.43. The second-order valence-electron chi connectivity index (χ2n) is 9.37. The summed E-state index contributed by atoms with van der Waals surface area (Å²) in [6, 6.07) is 36.1. The van der Waals surface area contributed by atoms with Gasteiger partial charge in [-0.05, 0) is 71.4 Å². The van der Waals surface area contributed by atoms with Gasteiger partial charge in [0.1, 0.15) is 0 Å². The predicted molar refractivity (Wildman–Crippen MR) is 134 cm³/mol. The molecule has 0 N–H and O–H groups in total. The first-order chi connectivity index (χ1) is 15.1. The molecule has 0 fully saturated rings. The third-order valence-electron chi connectivity index (χ3n) is 7.41. The van der Waals surface area contributed by atoms with Crippen LogP contribution in [-0.4, -0.2) is 0 Å². The molecule has 6 aromatic rings. The Bertz CT molecular complexity index is 1700. The molecule has 0 saturated heterocycles. The van der Waals surface area contributed by atoms with E-state index in [2.05, 4.69) is 111 Å². The predicted octanol–water partition coefficient (Wildman–Crippen LogP) is 8.61. The summed E-state index contributed by atoms with van der Waals surface area (Å²) >= 11 is 0. The molecule has 0 aliphatic heterocycles. The van der Waals surface area contributed by atoms with Gasteiger partial charge in [0, 0.05) is 5.41 Å². The monoisotopic (exact) mass is 394 g/mol. The van der Waals surface area contributed by atoms with Crippen LogP contribution in [0.15, 0.2) is 97.1 Å². The molecule has 0 unspecified atom stereocenters. The summed E-state index contributed by atoms with van der Waals surface area (Å²) in [5.41, 5.74) is 5.56. The van der Waals surface area contributed by atoms with E-state index in [-0.39, 0.29) is 5.41 Å². The first kappa shape index (κ1) is 17.1. The largest absolute Gasteiger partial charge is 0.0616 e. The molecular weight excluding hydrogens is 372 g/mol. The zero-order chi connectivity index (χ0) is 20.7. The average Bonchev–Trinajstić information content (AvgIpc) is 2.81. The molecule has 7 rings (SSSR count). The summed E-state index contributed by atoms with van der Waals surface area (Å²) in [4.78, 5) is 0. The number of fused-ring (bicyclic) bond motifs is 8. The summed E-state index contributed by atoms with van der Waals surface area (Å²) in [6.45, 7) is 4.78. The highest BCUT2D eigenvalue weighted by molar-refractivity contribution is 6.22. The van der Waals surface area contributed by atoms with E-state index < -0.39 is 0 Å². The molecule has 0 heteroatoms. The van der Waals surface area contributed by atoms with Crippen LogP contribution in [-0.2, 0) is 5.41 Å². The van der Waals surface area contributed by atoms with Gasteiger partial charge in [-0.3, -0.25) is 0 Å². The molecule has 0 nitrogen and oxygen atoms in total. The Kier molecular flexibility index (Phi) is 3.16. The minimum atomic E-state index is -0.0723. The second kappa shape index (κ2) is 5.74. The zero-order valence-corrected chi connectivity index (χ0v) is 17.7. The number of hydrogen-bond acceptors (Lipinski definition) is 0. The Labute approximate surface area is 181 Å². The summed E-state index contributed by atoms with van der Waals surface area (Å²) in [5.74, 6) is 0. The van der Waals surface area contributed by atoms with Crippen LogP contribution in [0.5, 0.6) is 0 Å². The molecule has 0 bridgehead atoms. The van der Waals surface area contributed by atoms with Crippen molar-refractivity contribution in [1.82, 2.24) is 0 Å². The van der Waals surface area contributed by atoms with E-state index in [1.807, 2.05) is 0 Å². The topological polar surface area (TPSA) is 0 Å². The minimum absolute atomic E-state index is 0.0723. The average molecular weight is 395 g/mol. The van der Waals surface area contributed by atoms with Gasteiger partial charge in [0.2, 0.25) is 0 Å². The van der Waals surface area contributed by atoms with Crippen molar-refractivity contribution in [3.63, 3.8) is 0 Å². The Balaban J connectivity index is 1.79. The van der Waals surface area contributed by atoms with Crippen molar-refractivity contribution in [2.45, 2.75) is 19.3 Å². The van der Waals surface area contributed by atoms with Crippen molar-refractivity contribution in [1.29, 1.82) is 0 Å². The van der Waals surface area contributed by atoms with Gasteiger partial charge in [0.05, 0.1) is 0 Å². The van der Waals surface area contributed by atoms with Gasteiger partial charge in [-0.15, -0.1) is 0 Å². The van der Waals surface area contributed by atoms with Crippen LogP contribution in [0.1, 0.15) is 25.0 Å². The Morgan fingerprint density at radius 3 is 2.03 bits per heavy atom. The quantitative estimate of drug-likeness (QED) is 0.226. The fraction of sp³-hybridized carbons (Fsp3) is 0.0968. The summed E-state index contributed by atoms with van der Waals surface area (Å²) in [5, 5.41) is 10.8. The van der Waals surface area contributed by atoms with E-state index >= 15 is 0 Å². The van der Waals surface area contributed by atoms with Gasteiger partial charge >= 0.3 is 0 Å². The Morgan fingerprint density at radius 1 is 0.484 bits per heavy atom. The van der Waals surface area contributed by atoms with Gasteiger partial charge in [0.25, 0.3) is 0 Å². The summed E-state index contributed by atoms with van der Waals surface area (Å²) < 4.78 is 0. The fourth-order valence-corrected chi connectivity index (χ4v) is 5.91. The molecule has 0 spiro atoms. The van der Waals surface area contributed by atoms with Crippen LogP contribution < -0.4 is 0 Å². The van der Waals surface area contributed by atoms with Crippen LogP contribution in [0.3, 0.4) is 0 Å². The number of benzene rings is 6. The second-order valence-corrected chi connectivity index (χ2v) is 9.37. The van der Waals surface area contributed by atoms with Gasteiger partial charge in [-0.2, -0.15) is 0 Å². The van der Waals surface area contributed by atoms with Crippen LogP contribution in [0, 0.1) is 0 Å². The molecule has 146 valence electrons. The van der Waals surface area contributed by atoms with Crippen molar-refractivity contribution in [2.75, 3.05) is 0 Å². The van der Waals surface area contributed by atoms with E-state index in [1.54, 1.807) is 0 Å². The summed E-state index contributed by atoms with van der Waals surface area (Å²) in [7, 11) is 0. The molecule has 0 atom stereocenters. The van der Waals surface area contributed by atoms with Gasteiger partial charge in [0.15, 0.2) is 0 Å². The van der Waals surface area contributed by atoms with E-state index in [4.69, 9.17) is 0 Å². The van der Waals surface area contributed by atoms with Gasteiger partial charge in [-0.1, -0.05) is 105 Å². The highest BCUT2D eigenvalue weighted by atomic mass is 14.4. The molecule has 1 aliphatic rings. The van der Waals surface area contributed by atoms with Crippen LogP contribution in [0.25, 0.3) is 54.2 Å². The first-order valence-corrected chi connectivity index (χ1v) is 11.0. The normalized spacial score (nSPS) is 14.4. The molecule has 0 aromatic heterocycles. The highest BCUT2D eigenvalue weighted by Crippen LogP contribution is 2.52. The molecular formula is C31H22. The molecule has 31 heavy (non-hydrogen) atoms. The maximum absolute atomic E-state index is 2.43. The van der Waals surface area contributed by atoms with Crippen molar-refractivity contribution in [2.24, 2.45) is 0 Å². The lowest BCUT2D eigenvalue weighted by Crippen LogP contribution is -2.24. The molecule has 0 radical (unpaired) electrons. The van der Waals surface area contributed by atoms with E-state index in [0.717, 1.165) is 0 Å². The lowest BCUT2D eigenvalue weighted by Gasteiger charge is -2.36. The minimum Gasteiger partial charge on any atom is -0.0616 e. The lowest BCUT2D eigenvalue weighted by atomic mass is 9.67. The zero-order valence-electron chi connectivity index (χ0n) is 17.7. The van der Waals surface area contributed by atoms with Gasteiger partial charge < -0.3 is 0 Å². The van der Waals surface area contributed by atoms with Crippen LogP contribution in [0.2, 0.25) is 0 Å². The van der Waals surface area contributed by atoms with E-state index in [1.165, 1.54) is 65.3 Å². The van der Waals surface area contributed by atoms with Crippen molar-refractivity contribution in [3.8, 4) is 11.1 Å². The van der Waals surface area contributed by atoms with Crippen LogP contribution in [0.4, 0.5) is 0 Å². The number of rotatable bonds is 0. The van der Waals surface area contributed by atoms with E-state index in [0.29, 0.717) is 0 Å². The van der Waals surface area contributed by atoms with Crippen LogP contribution >= 0.6 is 0 Å². The van der Waals surface area contributed by atoms with Gasteiger partial charge in [-0.25, -0.2) is 0 Å². The molecule has 1 aliphatic carbocycles. The van der Waals surface area contributed by atoms with Crippen molar-refractivity contribution < 1.29 is 0 Å². The fourth-order valence-electron chi connectivity index (χ4n) is 5.91. The summed E-state index contributed by atoms with van der Waals surface area (Å²) in [6.07, 6.45) is 0. The third-order valence-corrected chi connectivity index (χ3v) is 7.41. The standard InChI is InChI=1S/C31H22/c1-31(2)26-17-16-20-15-14-19-8-3-6-11-23(19)28(20)30(26)25-13-7-12-24-22-10-5-4-9-21(22)18-27(31)29(24)25/h3-18H,1-2H3. The SMILES string of the molecule is CC1(C)c2ccc3ccc4ccccc4c3c2-c2cccc3c2c1cc1ccccc13.